The van der Waals surface area contributed by atoms with Crippen molar-refractivity contribution in [3.63, 3.8) is 0 Å². The Bertz CT molecular complexity index is 316. The fraction of sp³-hybridized carbons (Fsp3) is 0.750. The molecule has 1 saturated heterocycles. The maximum absolute atomic E-state index is 5.77. The number of hydrogen-bond acceptors (Lipinski definition) is 4. The van der Waals surface area contributed by atoms with Gasteiger partial charge in [0, 0.05) is 24.4 Å². The Morgan fingerprint density at radius 3 is 2.88 bits per heavy atom. The first-order chi connectivity index (χ1) is 7.74. The highest BCUT2D eigenvalue weighted by Gasteiger charge is 2.12. The fourth-order valence-electron chi connectivity index (χ4n) is 2.14. The van der Waals surface area contributed by atoms with Crippen molar-refractivity contribution >= 4 is 11.3 Å². The van der Waals surface area contributed by atoms with Crippen LogP contribution in [0.1, 0.15) is 36.9 Å². The van der Waals surface area contributed by atoms with Crippen LogP contribution in [0.4, 0.5) is 0 Å². The van der Waals surface area contributed by atoms with Gasteiger partial charge in [0.15, 0.2) is 0 Å². The molecule has 0 bridgehead atoms. The summed E-state index contributed by atoms with van der Waals surface area (Å²) in [6.07, 6.45) is 4.99. The number of aromatic nitrogens is 1. The van der Waals surface area contributed by atoms with E-state index in [1.165, 1.54) is 43.1 Å². The molecule has 0 aromatic carbocycles. The quantitative estimate of drug-likeness (QED) is 0.874. The third-order valence-corrected chi connectivity index (χ3v) is 3.85. The number of piperidine rings is 1. The summed E-state index contributed by atoms with van der Waals surface area (Å²) in [5.41, 5.74) is 7.00. The molecule has 0 spiro atoms. The molecule has 1 unspecified atom stereocenters. The molecular formula is C12H21N3S. The Morgan fingerprint density at radius 2 is 2.19 bits per heavy atom. The van der Waals surface area contributed by atoms with E-state index in [4.69, 9.17) is 5.73 Å². The third-order valence-electron chi connectivity index (χ3n) is 2.93. The van der Waals surface area contributed by atoms with Crippen molar-refractivity contribution < 1.29 is 0 Å². The molecule has 1 aliphatic rings. The van der Waals surface area contributed by atoms with Gasteiger partial charge in [-0.05, 0) is 32.9 Å². The van der Waals surface area contributed by atoms with Gasteiger partial charge in [0.05, 0.1) is 10.7 Å². The molecule has 16 heavy (non-hydrogen) atoms. The van der Waals surface area contributed by atoms with Crippen molar-refractivity contribution in [2.24, 2.45) is 5.73 Å². The van der Waals surface area contributed by atoms with E-state index in [1.807, 2.05) is 6.92 Å². The Morgan fingerprint density at radius 1 is 1.44 bits per heavy atom. The smallest absolute Gasteiger partial charge is 0.0944 e. The maximum Gasteiger partial charge on any atom is 0.0944 e. The van der Waals surface area contributed by atoms with Crippen LogP contribution in [0.15, 0.2) is 5.38 Å². The van der Waals surface area contributed by atoms with E-state index in [0.717, 1.165) is 13.0 Å². The maximum atomic E-state index is 5.77. The molecule has 0 saturated carbocycles. The van der Waals surface area contributed by atoms with Crippen LogP contribution in [0.25, 0.3) is 0 Å². The highest BCUT2D eigenvalue weighted by atomic mass is 32.1. The zero-order chi connectivity index (χ0) is 11.4. The molecule has 2 N–H and O–H groups in total. The van der Waals surface area contributed by atoms with Gasteiger partial charge in [-0.1, -0.05) is 6.42 Å². The van der Waals surface area contributed by atoms with E-state index in [2.05, 4.69) is 15.3 Å². The Labute approximate surface area is 102 Å². The van der Waals surface area contributed by atoms with E-state index >= 15 is 0 Å². The average Bonchev–Trinajstić information content (AvgIpc) is 2.66. The minimum atomic E-state index is 0.217. The number of nitrogens with two attached hydrogens (primary N) is 1. The standard InChI is InChI=1S/C12H21N3S/c1-10(13)7-12-14-11(9-16-12)8-15-5-3-2-4-6-15/h9-10H,2-8,13H2,1H3. The summed E-state index contributed by atoms with van der Waals surface area (Å²) in [5, 5.41) is 3.37. The molecule has 1 aromatic rings. The fourth-order valence-corrected chi connectivity index (χ4v) is 3.07. The van der Waals surface area contributed by atoms with Crippen LogP contribution in [0.2, 0.25) is 0 Å². The molecule has 2 rings (SSSR count). The van der Waals surface area contributed by atoms with Crippen molar-refractivity contribution in [1.29, 1.82) is 0 Å². The average molecular weight is 239 g/mol. The lowest BCUT2D eigenvalue weighted by Gasteiger charge is -2.25. The zero-order valence-electron chi connectivity index (χ0n) is 9.98. The molecule has 3 nitrogen and oxygen atoms in total. The normalized spacial score (nSPS) is 19.9. The molecule has 1 fully saturated rings. The van der Waals surface area contributed by atoms with E-state index in [0.29, 0.717) is 0 Å². The molecule has 1 atom stereocenters. The van der Waals surface area contributed by atoms with E-state index in [1.54, 1.807) is 11.3 Å². The first kappa shape index (κ1) is 12.0. The number of thiazole rings is 1. The van der Waals surface area contributed by atoms with Crippen molar-refractivity contribution in [3.05, 3.63) is 16.1 Å². The van der Waals surface area contributed by atoms with E-state index < -0.39 is 0 Å². The molecule has 90 valence electrons. The first-order valence-corrected chi connectivity index (χ1v) is 7.03. The number of likely N-dealkylation sites (tertiary alicyclic amines) is 1. The molecule has 0 aliphatic carbocycles. The summed E-state index contributed by atoms with van der Waals surface area (Å²) in [6, 6.07) is 0.217. The summed E-state index contributed by atoms with van der Waals surface area (Å²) in [4.78, 5) is 7.15. The molecular weight excluding hydrogens is 218 g/mol. The molecule has 4 heteroatoms. The number of hydrogen-bond donors (Lipinski definition) is 1. The van der Waals surface area contributed by atoms with Gasteiger partial charge in [0.25, 0.3) is 0 Å². The predicted octanol–water partition coefficient (Wildman–Crippen LogP) is 2.02. The van der Waals surface area contributed by atoms with Gasteiger partial charge in [-0.25, -0.2) is 4.98 Å². The molecule has 2 heterocycles. The minimum absolute atomic E-state index is 0.217. The van der Waals surface area contributed by atoms with E-state index in [-0.39, 0.29) is 6.04 Å². The van der Waals surface area contributed by atoms with Crippen LogP contribution in [-0.2, 0) is 13.0 Å². The van der Waals surface area contributed by atoms with Crippen LogP contribution >= 0.6 is 11.3 Å². The number of nitrogens with zero attached hydrogens (tertiary/aromatic N) is 2. The Hall–Kier alpha value is -0.450. The van der Waals surface area contributed by atoms with Gasteiger partial charge >= 0.3 is 0 Å². The summed E-state index contributed by atoms with van der Waals surface area (Å²) in [5.74, 6) is 0. The van der Waals surface area contributed by atoms with Crippen molar-refractivity contribution in [2.45, 2.75) is 45.2 Å². The first-order valence-electron chi connectivity index (χ1n) is 6.15. The van der Waals surface area contributed by atoms with Gasteiger partial charge < -0.3 is 5.73 Å². The minimum Gasteiger partial charge on any atom is -0.328 e. The second-order valence-electron chi connectivity index (χ2n) is 4.75. The zero-order valence-corrected chi connectivity index (χ0v) is 10.8. The van der Waals surface area contributed by atoms with Crippen LogP contribution in [0.5, 0.6) is 0 Å². The molecule has 1 aromatic heterocycles. The van der Waals surface area contributed by atoms with Crippen molar-refractivity contribution in [1.82, 2.24) is 9.88 Å². The lowest BCUT2D eigenvalue weighted by molar-refractivity contribution is 0.219. The van der Waals surface area contributed by atoms with Crippen LogP contribution in [-0.4, -0.2) is 29.0 Å². The monoisotopic (exact) mass is 239 g/mol. The third kappa shape index (κ3) is 3.54. The Balaban J connectivity index is 1.86. The number of rotatable bonds is 4. The van der Waals surface area contributed by atoms with Gasteiger partial charge in [-0.3, -0.25) is 4.90 Å². The largest absolute Gasteiger partial charge is 0.328 e. The Kier molecular flexibility index (Phi) is 4.32. The molecule has 0 radical (unpaired) electrons. The predicted molar refractivity (Wildman–Crippen MR) is 68.6 cm³/mol. The lowest BCUT2D eigenvalue weighted by atomic mass is 10.1. The van der Waals surface area contributed by atoms with Gasteiger partial charge in [0.2, 0.25) is 0 Å². The highest BCUT2D eigenvalue weighted by molar-refractivity contribution is 7.09. The summed E-state index contributed by atoms with van der Waals surface area (Å²) < 4.78 is 0. The molecule has 1 aliphatic heterocycles. The van der Waals surface area contributed by atoms with Crippen molar-refractivity contribution in [2.75, 3.05) is 13.1 Å². The second-order valence-corrected chi connectivity index (χ2v) is 5.69. The summed E-state index contributed by atoms with van der Waals surface area (Å²) >= 11 is 1.75. The second kappa shape index (κ2) is 5.75. The van der Waals surface area contributed by atoms with Gasteiger partial charge in [-0.15, -0.1) is 11.3 Å². The van der Waals surface area contributed by atoms with Crippen LogP contribution < -0.4 is 5.73 Å². The van der Waals surface area contributed by atoms with Crippen LogP contribution in [0, 0.1) is 0 Å². The summed E-state index contributed by atoms with van der Waals surface area (Å²) in [6.45, 7) is 5.53. The van der Waals surface area contributed by atoms with Crippen molar-refractivity contribution in [3.8, 4) is 0 Å². The van der Waals surface area contributed by atoms with Gasteiger partial charge in [-0.2, -0.15) is 0 Å². The summed E-state index contributed by atoms with van der Waals surface area (Å²) in [7, 11) is 0. The van der Waals surface area contributed by atoms with Crippen LogP contribution in [0.3, 0.4) is 0 Å². The highest BCUT2D eigenvalue weighted by Crippen LogP contribution is 2.16. The molecule has 0 amide bonds. The van der Waals surface area contributed by atoms with Gasteiger partial charge in [0.1, 0.15) is 0 Å². The van der Waals surface area contributed by atoms with E-state index in [9.17, 15) is 0 Å². The topological polar surface area (TPSA) is 42.1 Å². The SMILES string of the molecule is CC(N)Cc1nc(CN2CCCCC2)cs1. The lowest BCUT2D eigenvalue weighted by Crippen LogP contribution is -2.29.